The van der Waals surface area contributed by atoms with Crippen molar-refractivity contribution >= 4 is 23.4 Å². The number of rotatable bonds is 7. The second-order valence-electron chi connectivity index (χ2n) is 6.74. The van der Waals surface area contributed by atoms with Crippen molar-refractivity contribution in [3.05, 3.63) is 54.1 Å². The van der Waals surface area contributed by atoms with E-state index in [1.165, 1.54) is 0 Å². The van der Waals surface area contributed by atoms with Crippen LogP contribution in [0, 0.1) is 17.6 Å². The average molecular weight is 433 g/mol. The van der Waals surface area contributed by atoms with Gasteiger partial charge in [-0.15, -0.1) is 0 Å². The van der Waals surface area contributed by atoms with Crippen molar-refractivity contribution in [3.8, 4) is 11.5 Å². The number of benzene rings is 2. The van der Waals surface area contributed by atoms with Crippen LogP contribution in [0.15, 0.2) is 42.5 Å². The van der Waals surface area contributed by atoms with Gasteiger partial charge in [0, 0.05) is 24.7 Å². The van der Waals surface area contributed by atoms with Gasteiger partial charge >= 0.3 is 0 Å². The first-order valence-corrected chi connectivity index (χ1v) is 9.57. The minimum atomic E-state index is -0.825. The molecule has 1 atom stereocenters. The minimum Gasteiger partial charge on any atom is -0.490 e. The van der Waals surface area contributed by atoms with Gasteiger partial charge in [-0.3, -0.25) is 25.2 Å². The third-order valence-corrected chi connectivity index (χ3v) is 4.49. The lowest BCUT2D eigenvalue weighted by Crippen LogP contribution is -2.46. The molecule has 0 radical (unpaired) electrons. The summed E-state index contributed by atoms with van der Waals surface area (Å²) in [7, 11) is 0. The molecule has 1 heterocycles. The van der Waals surface area contributed by atoms with E-state index in [1.54, 1.807) is 24.3 Å². The Morgan fingerprint density at radius 2 is 1.71 bits per heavy atom. The van der Waals surface area contributed by atoms with Crippen LogP contribution in [0.2, 0.25) is 0 Å². The summed E-state index contributed by atoms with van der Waals surface area (Å²) >= 11 is 0. The fraction of sp³-hybridized carbons (Fsp3) is 0.286. The second-order valence-corrected chi connectivity index (χ2v) is 6.74. The molecule has 0 saturated carbocycles. The van der Waals surface area contributed by atoms with E-state index >= 15 is 0 Å². The highest BCUT2D eigenvalue weighted by molar-refractivity contribution is 6.00. The van der Waals surface area contributed by atoms with E-state index in [4.69, 9.17) is 9.47 Å². The van der Waals surface area contributed by atoms with Crippen molar-refractivity contribution < 1.29 is 32.6 Å². The van der Waals surface area contributed by atoms with Gasteiger partial charge in [0.25, 0.3) is 5.91 Å². The summed E-state index contributed by atoms with van der Waals surface area (Å²) in [5.41, 5.74) is 4.48. The van der Waals surface area contributed by atoms with Gasteiger partial charge in [-0.1, -0.05) is 12.1 Å². The molecule has 0 spiro atoms. The lowest BCUT2D eigenvalue weighted by Gasteiger charge is -2.17. The van der Waals surface area contributed by atoms with Crippen LogP contribution in [0.4, 0.5) is 14.5 Å². The van der Waals surface area contributed by atoms with Gasteiger partial charge < -0.3 is 14.4 Å². The Morgan fingerprint density at radius 3 is 2.35 bits per heavy atom. The van der Waals surface area contributed by atoms with Crippen molar-refractivity contribution in [1.82, 2.24) is 10.9 Å². The predicted octanol–water partition coefficient (Wildman–Crippen LogP) is 1.94. The lowest BCUT2D eigenvalue weighted by molar-refractivity contribution is -0.132. The maximum absolute atomic E-state index is 13.4. The number of carbonyl (C=O) groups is 3. The summed E-state index contributed by atoms with van der Waals surface area (Å²) in [5.74, 6) is -3.25. The zero-order valence-corrected chi connectivity index (χ0v) is 16.7. The molecule has 10 heteroatoms. The molecule has 1 aliphatic rings. The summed E-state index contributed by atoms with van der Waals surface area (Å²) < 4.78 is 37.6. The number of hydrogen-bond donors (Lipinski definition) is 2. The number of hydrazine groups is 1. The Balaban J connectivity index is 1.49. The normalized spacial score (nSPS) is 15.5. The number of carbonyl (C=O) groups excluding carboxylic acids is 3. The predicted molar refractivity (Wildman–Crippen MR) is 106 cm³/mol. The number of amides is 3. The average Bonchev–Trinajstić information content (AvgIpc) is 3.12. The maximum atomic E-state index is 13.4. The zero-order valence-electron chi connectivity index (χ0n) is 16.7. The van der Waals surface area contributed by atoms with Crippen molar-refractivity contribution in [2.24, 2.45) is 5.92 Å². The highest BCUT2D eigenvalue weighted by Gasteiger charge is 2.35. The molecule has 1 aliphatic heterocycles. The van der Waals surface area contributed by atoms with Crippen LogP contribution in [-0.4, -0.2) is 37.5 Å². The minimum absolute atomic E-state index is 0.0307. The van der Waals surface area contributed by atoms with E-state index in [0.717, 1.165) is 17.0 Å². The van der Waals surface area contributed by atoms with Gasteiger partial charge in [0.15, 0.2) is 18.1 Å². The molecule has 1 saturated heterocycles. The van der Waals surface area contributed by atoms with Crippen LogP contribution < -0.4 is 25.2 Å². The largest absolute Gasteiger partial charge is 0.490 e. The van der Waals surface area contributed by atoms with Crippen LogP contribution in [0.1, 0.15) is 13.3 Å². The first-order valence-electron chi connectivity index (χ1n) is 9.57. The first-order chi connectivity index (χ1) is 14.9. The van der Waals surface area contributed by atoms with Crippen LogP contribution >= 0.6 is 0 Å². The summed E-state index contributed by atoms with van der Waals surface area (Å²) in [5, 5.41) is 0. The molecule has 1 unspecified atom stereocenters. The number of anilines is 1. The quantitative estimate of drug-likeness (QED) is 0.651. The van der Waals surface area contributed by atoms with Crippen LogP contribution in [-0.2, 0) is 14.4 Å². The summed E-state index contributed by atoms with van der Waals surface area (Å²) in [6.45, 7) is 1.81. The van der Waals surface area contributed by atoms with E-state index in [2.05, 4.69) is 10.9 Å². The summed E-state index contributed by atoms with van der Waals surface area (Å²) in [6, 6.07) is 9.56. The second kappa shape index (κ2) is 9.88. The van der Waals surface area contributed by atoms with Crippen molar-refractivity contribution in [2.75, 3.05) is 24.7 Å². The van der Waals surface area contributed by atoms with E-state index in [1.807, 2.05) is 6.92 Å². The fourth-order valence-electron chi connectivity index (χ4n) is 3.08. The van der Waals surface area contributed by atoms with E-state index < -0.39 is 35.3 Å². The van der Waals surface area contributed by atoms with Crippen molar-refractivity contribution in [1.29, 1.82) is 0 Å². The van der Waals surface area contributed by atoms with Crippen LogP contribution in [0.25, 0.3) is 0 Å². The van der Waals surface area contributed by atoms with E-state index in [0.29, 0.717) is 24.2 Å². The highest BCUT2D eigenvalue weighted by atomic mass is 19.1. The molecule has 164 valence electrons. The van der Waals surface area contributed by atoms with Gasteiger partial charge in [-0.05, 0) is 31.2 Å². The number of nitrogens with one attached hydrogen (secondary N) is 2. The maximum Gasteiger partial charge on any atom is 0.276 e. The molecule has 3 amide bonds. The summed E-state index contributed by atoms with van der Waals surface area (Å²) in [4.78, 5) is 37.6. The number of halogens is 2. The Morgan fingerprint density at radius 1 is 1.06 bits per heavy atom. The molecule has 3 rings (SSSR count). The Hall–Kier alpha value is -3.69. The molecule has 2 aromatic carbocycles. The van der Waals surface area contributed by atoms with E-state index in [-0.39, 0.29) is 25.3 Å². The molecule has 2 N–H and O–H groups in total. The smallest absolute Gasteiger partial charge is 0.276 e. The Kier molecular flexibility index (Phi) is 7.01. The molecule has 0 aromatic heterocycles. The molecule has 31 heavy (non-hydrogen) atoms. The van der Waals surface area contributed by atoms with Gasteiger partial charge in [-0.2, -0.15) is 0 Å². The molecular formula is C21H21F2N3O5. The monoisotopic (exact) mass is 433 g/mol. The van der Waals surface area contributed by atoms with Gasteiger partial charge in [0.05, 0.1) is 12.5 Å². The van der Waals surface area contributed by atoms with E-state index in [9.17, 15) is 23.2 Å². The molecule has 8 nitrogen and oxygen atoms in total. The molecule has 0 aliphatic carbocycles. The SMILES string of the molecule is CCOc1ccccc1OCC(=O)NNC(=O)C1CC(=O)N(c2cc(F)cc(F)c2)C1. The van der Waals surface area contributed by atoms with Crippen LogP contribution in [0.5, 0.6) is 11.5 Å². The lowest BCUT2D eigenvalue weighted by atomic mass is 10.1. The Labute approximate surface area is 177 Å². The van der Waals surface area contributed by atoms with Crippen molar-refractivity contribution in [3.63, 3.8) is 0 Å². The molecule has 2 aromatic rings. The number of hydrogen-bond acceptors (Lipinski definition) is 5. The number of ether oxygens (including phenoxy) is 2. The van der Waals surface area contributed by atoms with Crippen molar-refractivity contribution in [2.45, 2.75) is 13.3 Å². The molecule has 0 bridgehead atoms. The third-order valence-electron chi connectivity index (χ3n) is 4.49. The van der Waals surface area contributed by atoms with Gasteiger partial charge in [-0.25, -0.2) is 8.78 Å². The molecular weight excluding hydrogens is 412 g/mol. The number of para-hydroxylation sites is 2. The van der Waals surface area contributed by atoms with Gasteiger partial charge in [0.1, 0.15) is 11.6 Å². The fourth-order valence-corrected chi connectivity index (χ4v) is 3.08. The topological polar surface area (TPSA) is 97.0 Å². The first kappa shape index (κ1) is 22.0. The Bertz CT molecular complexity index is 965. The molecule has 1 fully saturated rings. The third kappa shape index (κ3) is 5.68. The number of nitrogens with zero attached hydrogens (tertiary/aromatic N) is 1. The standard InChI is InChI=1S/C21H21F2N3O5/c1-2-30-17-5-3-4-6-18(17)31-12-19(27)24-25-21(29)13-7-20(28)26(11-13)16-9-14(22)8-15(23)10-16/h3-6,8-10,13H,2,7,11-12H2,1H3,(H,24,27)(H,25,29). The van der Waals surface area contributed by atoms with Crippen LogP contribution in [0.3, 0.4) is 0 Å². The zero-order chi connectivity index (χ0) is 22.4. The highest BCUT2D eigenvalue weighted by Crippen LogP contribution is 2.27. The summed E-state index contributed by atoms with van der Waals surface area (Å²) in [6.07, 6.45) is -0.155. The van der Waals surface area contributed by atoms with Gasteiger partial charge in [0.2, 0.25) is 11.8 Å².